The van der Waals surface area contributed by atoms with E-state index < -0.39 is 0 Å². The number of rotatable bonds is 13. The molecule has 0 spiro atoms. The van der Waals surface area contributed by atoms with Crippen LogP contribution in [0, 0.1) is 13.8 Å². The summed E-state index contributed by atoms with van der Waals surface area (Å²) in [5.74, 6) is 3.46. The number of fused-ring (bicyclic) bond motifs is 12. The van der Waals surface area contributed by atoms with Gasteiger partial charge in [-0.2, -0.15) is 0 Å². The van der Waals surface area contributed by atoms with Gasteiger partial charge in [-0.3, -0.25) is 0 Å². The second-order valence-corrected chi connectivity index (χ2v) is 25.9. The van der Waals surface area contributed by atoms with Crippen molar-refractivity contribution in [2.75, 3.05) is 33.3 Å². The molecule has 98 heavy (non-hydrogen) atoms. The molecule has 2 aliphatic rings. The van der Waals surface area contributed by atoms with Gasteiger partial charge in [0.25, 0.3) is 0 Å². The van der Waals surface area contributed by atoms with E-state index in [-0.39, 0.29) is 12.0 Å². The van der Waals surface area contributed by atoms with E-state index in [1.54, 1.807) is 28.4 Å². The number of nitrogens with zero attached hydrogens (tertiary/aromatic N) is 4. The minimum atomic E-state index is 0.120. The zero-order valence-corrected chi connectivity index (χ0v) is 55.3. The number of aromatic nitrogens is 3. The second kappa shape index (κ2) is 23.3. The highest BCUT2D eigenvalue weighted by Crippen LogP contribution is 2.51. The maximum atomic E-state index is 5.64. The largest absolute Gasteiger partial charge is 0.497 e. The molecule has 0 radical (unpaired) electrons. The normalized spacial score (nSPS) is 14.1. The van der Waals surface area contributed by atoms with Gasteiger partial charge in [0.15, 0.2) is 0 Å². The summed E-state index contributed by atoms with van der Waals surface area (Å²) in [6, 6.07) is 98.3. The van der Waals surface area contributed by atoms with Crippen molar-refractivity contribution in [2.24, 2.45) is 0 Å². The van der Waals surface area contributed by atoms with Crippen LogP contribution in [0.3, 0.4) is 0 Å². The van der Waals surface area contributed by atoms with Gasteiger partial charge < -0.3 is 37.5 Å². The molecule has 1 aliphatic heterocycles. The summed E-state index contributed by atoms with van der Waals surface area (Å²) in [5.41, 5.74) is 27.6. The first kappa shape index (κ1) is 58.3. The first-order chi connectivity index (χ1) is 48.2. The van der Waals surface area contributed by atoms with E-state index in [1.807, 2.05) is 36.4 Å². The highest BCUT2D eigenvalue weighted by Gasteiger charge is 2.38. The van der Waals surface area contributed by atoms with Crippen molar-refractivity contribution in [2.45, 2.75) is 25.8 Å². The lowest BCUT2D eigenvalue weighted by molar-refractivity contribution is 0.414. The number of hydrogen-bond acceptors (Lipinski definition) is 5. The van der Waals surface area contributed by atoms with Crippen LogP contribution in [0.15, 0.2) is 291 Å². The maximum Gasteiger partial charge on any atom is 0.119 e. The van der Waals surface area contributed by atoms with Crippen molar-refractivity contribution < 1.29 is 18.9 Å². The van der Waals surface area contributed by atoms with Crippen molar-refractivity contribution in [3.05, 3.63) is 308 Å². The smallest absolute Gasteiger partial charge is 0.119 e. The Morgan fingerprint density at radius 2 is 0.592 bits per heavy atom. The molecule has 8 nitrogen and oxygen atoms in total. The summed E-state index contributed by atoms with van der Waals surface area (Å²) in [7, 11) is 6.88. The minimum absolute atomic E-state index is 0.120. The van der Waals surface area contributed by atoms with E-state index in [0.29, 0.717) is 0 Å². The third-order valence-electron chi connectivity index (χ3n) is 20.8. The van der Waals surface area contributed by atoms with Crippen LogP contribution in [0.2, 0.25) is 0 Å². The molecule has 1 aliphatic carbocycles. The monoisotopic (exact) mass is 1270 g/mol. The molecule has 0 amide bonds. The number of methoxy groups -OCH3 is 4. The Balaban J connectivity index is 0.878. The number of ether oxygens (including phenoxy) is 4. The Kier molecular flexibility index (Phi) is 13.9. The summed E-state index contributed by atoms with van der Waals surface area (Å²) in [5, 5.41) is 7.13. The topological polar surface area (TPSA) is 55.0 Å². The molecule has 18 rings (SSSR count). The van der Waals surface area contributed by atoms with E-state index in [0.717, 1.165) is 118 Å². The molecule has 2 atom stereocenters. The Labute approximate surface area is 568 Å². The van der Waals surface area contributed by atoms with Crippen LogP contribution in [0.5, 0.6) is 23.0 Å². The summed E-state index contributed by atoms with van der Waals surface area (Å²) in [4.78, 5) is 2.49. The molecule has 8 heteroatoms. The lowest BCUT2D eigenvalue weighted by atomic mass is 9.84. The first-order valence-electron chi connectivity index (χ1n) is 33.5. The lowest BCUT2D eigenvalue weighted by Crippen LogP contribution is -2.28. The number of hydrogen-bond donors (Lipinski definition) is 0. The van der Waals surface area contributed by atoms with Crippen molar-refractivity contribution in [3.63, 3.8) is 0 Å². The number of benzene rings is 13. The van der Waals surface area contributed by atoms with Crippen LogP contribution in [0.4, 0.5) is 11.4 Å². The van der Waals surface area contributed by atoms with Crippen molar-refractivity contribution in [1.29, 1.82) is 0 Å². The summed E-state index contributed by atoms with van der Waals surface area (Å²) < 4.78 is 29.7. The average Bonchev–Trinajstić information content (AvgIpc) is 1.47. The summed E-state index contributed by atoms with van der Waals surface area (Å²) in [6.07, 6.45) is 9.12. The summed E-state index contributed by atoms with van der Waals surface area (Å²) >= 11 is 0. The highest BCUT2D eigenvalue weighted by molar-refractivity contribution is 6.13. The van der Waals surface area contributed by atoms with Crippen molar-refractivity contribution >= 4 is 76.8 Å². The van der Waals surface area contributed by atoms with Gasteiger partial charge in [0, 0.05) is 66.7 Å². The Morgan fingerprint density at radius 3 is 0.959 bits per heavy atom. The quantitative estimate of drug-likeness (QED) is 0.115. The molecular formula is C90H68N4O4. The van der Waals surface area contributed by atoms with Gasteiger partial charge in [-0.05, 0) is 274 Å². The minimum Gasteiger partial charge on any atom is -0.497 e. The average molecular weight is 1270 g/mol. The Bertz CT molecular complexity index is 5760. The van der Waals surface area contributed by atoms with Gasteiger partial charge in [-0.1, -0.05) is 103 Å². The van der Waals surface area contributed by atoms with Crippen LogP contribution in [-0.4, -0.2) is 48.2 Å². The zero-order chi connectivity index (χ0) is 65.9. The Hall–Kier alpha value is -12.3. The highest BCUT2D eigenvalue weighted by atomic mass is 16.5. The van der Waals surface area contributed by atoms with Crippen LogP contribution in [-0.2, 0) is 0 Å². The SMILES string of the molecule is COc1ccc(N2c3ccc(-c4cc(-c5cc(-c6ccc7c(c6)c6ccccc6n7-c6ccc(OC)cc6)c(C)c(-c6ccc7c(c6)c6ccccc6n7-c6ccc(OC)cc6)c5)cc(-c5ccc6c(c5)c5ccccc5n6-c5ccc(OC)cc5)c4C)cc3C3C=CC=CC32)cc1. The van der Waals surface area contributed by atoms with Crippen molar-refractivity contribution in [1.82, 2.24) is 13.7 Å². The molecule has 13 aromatic carbocycles. The third kappa shape index (κ3) is 9.34. The van der Waals surface area contributed by atoms with Gasteiger partial charge in [0.05, 0.1) is 67.6 Å². The second-order valence-electron chi connectivity index (χ2n) is 25.9. The lowest BCUT2D eigenvalue weighted by Gasteiger charge is -2.28. The van der Waals surface area contributed by atoms with Crippen LogP contribution >= 0.6 is 0 Å². The molecule has 472 valence electrons. The fourth-order valence-corrected chi connectivity index (χ4v) is 16.0. The molecule has 3 aromatic heterocycles. The molecule has 2 unspecified atom stereocenters. The van der Waals surface area contributed by atoms with E-state index in [9.17, 15) is 0 Å². The maximum absolute atomic E-state index is 5.64. The van der Waals surface area contributed by atoms with Crippen LogP contribution in [0.1, 0.15) is 22.6 Å². The van der Waals surface area contributed by atoms with E-state index in [4.69, 9.17) is 18.9 Å². The van der Waals surface area contributed by atoms with Gasteiger partial charge >= 0.3 is 0 Å². The molecule has 0 fully saturated rings. The predicted molar refractivity (Wildman–Crippen MR) is 406 cm³/mol. The molecule has 0 N–H and O–H groups in total. The molecule has 16 aromatic rings. The van der Waals surface area contributed by atoms with E-state index in [2.05, 4.69) is 287 Å². The van der Waals surface area contributed by atoms with Crippen LogP contribution in [0.25, 0.3) is 138 Å². The zero-order valence-electron chi connectivity index (χ0n) is 55.3. The molecule has 0 bridgehead atoms. The standard InChI is InChI=1S/C90H68N4O4/c1-55-75(57-23-43-87-79(47-57)71-15-7-11-19-83(71)91(87)63-27-35-67(95-3)36-28-63)51-61(52-76(55)58-24-44-88-80(48-58)72-16-8-12-20-84(72)92(88)64-29-37-68(96-4)38-30-64)62-53-77(59-25-45-89-81(49-59)73-17-9-13-21-85(73)93(89)65-31-39-69(97-5)40-32-65)56(2)78(54-62)60-26-46-90-82(50-60)74-18-10-14-22-86(74)94(90)66-33-41-70(98-6)42-34-66/h7-54,71,83H,1-6H3. The molecule has 0 saturated carbocycles. The third-order valence-corrected chi connectivity index (χ3v) is 20.8. The van der Waals surface area contributed by atoms with Crippen LogP contribution < -0.4 is 23.8 Å². The number of allylic oxidation sites excluding steroid dienone is 2. The van der Waals surface area contributed by atoms with Gasteiger partial charge in [0.1, 0.15) is 23.0 Å². The fourth-order valence-electron chi connectivity index (χ4n) is 16.0. The number of anilines is 2. The van der Waals surface area contributed by atoms with Gasteiger partial charge in [-0.25, -0.2) is 0 Å². The number of para-hydroxylation sites is 3. The van der Waals surface area contributed by atoms with E-state index in [1.165, 1.54) is 71.4 Å². The predicted octanol–water partition coefficient (Wildman–Crippen LogP) is 22.7. The molecule has 4 heterocycles. The van der Waals surface area contributed by atoms with E-state index >= 15 is 0 Å². The van der Waals surface area contributed by atoms with Gasteiger partial charge in [0.2, 0.25) is 0 Å². The first-order valence-corrected chi connectivity index (χ1v) is 33.5. The van der Waals surface area contributed by atoms with Crippen molar-refractivity contribution in [3.8, 4) is 95.7 Å². The van der Waals surface area contributed by atoms with Gasteiger partial charge in [-0.15, -0.1) is 0 Å². The Morgan fingerprint density at radius 1 is 0.276 bits per heavy atom. The summed E-state index contributed by atoms with van der Waals surface area (Å²) in [6.45, 7) is 4.64. The molecular weight excluding hydrogens is 1200 g/mol. The molecule has 0 saturated heterocycles. The fraction of sp³-hybridized carbons (Fsp3) is 0.0889.